The Morgan fingerprint density at radius 3 is 2.29 bits per heavy atom. The summed E-state index contributed by atoms with van der Waals surface area (Å²) in [5.74, 6) is 0. The first-order chi connectivity index (χ1) is 7.68. The van der Waals surface area contributed by atoms with E-state index in [1.165, 1.54) is 0 Å². The van der Waals surface area contributed by atoms with Crippen molar-refractivity contribution in [2.75, 3.05) is 33.7 Å². The highest BCUT2D eigenvalue weighted by molar-refractivity contribution is 4.82. The average Bonchev–Trinajstić information content (AvgIpc) is 2.11. The van der Waals surface area contributed by atoms with E-state index in [1.54, 1.807) is 0 Å². The third-order valence-corrected chi connectivity index (χ3v) is 2.68. The lowest BCUT2D eigenvalue weighted by atomic mass is 9.88. The SMILES string of the molecule is CN(C)CC(C)(O)CNCC(C)(C)CCC#N. The molecule has 1 atom stereocenters. The molecule has 17 heavy (non-hydrogen) atoms. The van der Waals surface area contributed by atoms with Crippen LogP contribution in [0.1, 0.15) is 33.6 Å². The minimum absolute atomic E-state index is 0.101. The van der Waals surface area contributed by atoms with Crippen molar-refractivity contribution in [1.82, 2.24) is 10.2 Å². The molecule has 2 N–H and O–H groups in total. The maximum atomic E-state index is 10.1. The number of likely N-dealkylation sites (N-methyl/N-ethyl adjacent to an activating group) is 1. The van der Waals surface area contributed by atoms with Crippen LogP contribution in [-0.2, 0) is 0 Å². The van der Waals surface area contributed by atoms with Crippen LogP contribution in [0.4, 0.5) is 0 Å². The van der Waals surface area contributed by atoms with Gasteiger partial charge < -0.3 is 15.3 Å². The Morgan fingerprint density at radius 1 is 1.24 bits per heavy atom. The van der Waals surface area contributed by atoms with Crippen molar-refractivity contribution < 1.29 is 5.11 Å². The molecular formula is C13H27N3O. The molecule has 0 aliphatic carbocycles. The standard InChI is InChI=1S/C13H27N3O/c1-12(2,7-6-8-14)9-15-10-13(3,17)11-16(4)5/h15,17H,6-7,9-11H2,1-5H3. The molecule has 0 amide bonds. The summed E-state index contributed by atoms with van der Waals surface area (Å²) < 4.78 is 0. The van der Waals surface area contributed by atoms with Gasteiger partial charge >= 0.3 is 0 Å². The van der Waals surface area contributed by atoms with E-state index in [1.807, 2.05) is 25.9 Å². The molecule has 4 nitrogen and oxygen atoms in total. The third kappa shape index (κ3) is 9.11. The number of hydrogen-bond donors (Lipinski definition) is 2. The Hall–Kier alpha value is -0.630. The van der Waals surface area contributed by atoms with Crippen molar-refractivity contribution >= 4 is 0 Å². The van der Waals surface area contributed by atoms with Gasteiger partial charge in [-0.2, -0.15) is 5.26 Å². The van der Waals surface area contributed by atoms with Crippen molar-refractivity contribution in [3.05, 3.63) is 0 Å². The average molecular weight is 241 g/mol. The fourth-order valence-corrected chi connectivity index (χ4v) is 1.89. The van der Waals surface area contributed by atoms with E-state index in [2.05, 4.69) is 25.2 Å². The van der Waals surface area contributed by atoms with Crippen molar-refractivity contribution in [1.29, 1.82) is 5.26 Å². The highest BCUT2D eigenvalue weighted by Gasteiger charge is 2.23. The summed E-state index contributed by atoms with van der Waals surface area (Å²) in [7, 11) is 3.90. The molecule has 0 radical (unpaired) electrons. The van der Waals surface area contributed by atoms with Gasteiger partial charge in [0.1, 0.15) is 0 Å². The maximum absolute atomic E-state index is 10.1. The van der Waals surface area contributed by atoms with Crippen LogP contribution < -0.4 is 5.32 Å². The number of rotatable bonds is 8. The quantitative estimate of drug-likeness (QED) is 0.671. The highest BCUT2D eigenvalue weighted by atomic mass is 16.3. The van der Waals surface area contributed by atoms with Crippen LogP contribution in [0.3, 0.4) is 0 Å². The van der Waals surface area contributed by atoms with Crippen LogP contribution in [0.5, 0.6) is 0 Å². The van der Waals surface area contributed by atoms with E-state index in [4.69, 9.17) is 5.26 Å². The zero-order valence-corrected chi connectivity index (χ0v) is 11.9. The molecule has 0 heterocycles. The molecular weight excluding hydrogens is 214 g/mol. The molecule has 0 saturated carbocycles. The van der Waals surface area contributed by atoms with Crippen molar-refractivity contribution in [2.45, 2.75) is 39.2 Å². The van der Waals surface area contributed by atoms with E-state index in [9.17, 15) is 5.11 Å². The molecule has 0 aliphatic heterocycles. The van der Waals surface area contributed by atoms with Crippen molar-refractivity contribution in [3.8, 4) is 6.07 Å². The van der Waals surface area contributed by atoms with E-state index in [0.717, 1.165) is 13.0 Å². The largest absolute Gasteiger partial charge is 0.388 e. The maximum Gasteiger partial charge on any atom is 0.0869 e. The molecule has 1 unspecified atom stereocenters. The minimum Gasteiger partial charge on any atom is -0.388 e. The summed E-state index contributed by atoms with van der Waals surface area (Å²) in [6.07, 6.45) is 1.47. The van der Waals surface area contributed by atoms with Crippen molar-refractivity contribution in [3.63, 3.8) is 0 Å². The van der Waals surface area contributed by atoms with Crippen LogP contribution in [0.25, 0.3) is 0 Å². The first-order valence-electron chi connectivity index (χ1n) is 6.13. The zero-order valence-electron chi connectivity index (χ0n) is 11.9. The predicted molar refractivity (Wildman–Crippen MR) is 70.7 cm³/mol. The van der Waals surface area contributed by atoms with E-state index in [-0.39, 0.29) is 5.41 Å². The normalized spacial score (nSPS) is 15.6. The number of hydrogen-bond acceptors (Lipinski definition) is 4. The molecule has 0 spiro atoms. The summed E-state index contributed by atoms with van der Waals surface area (Å²) in [4.78, 5) is 1.97. The Bertz CT molecular complexity index is 254. The van der Waals surface area contributed by atoms with E-state index >= 15 is 0 Å². The second kappa shape index (κ2) is 6.95. The molecule has 0 rings (SSSR count). The van der Waals surface area contributed by atoms with Gasteiger partial charge in [0.2, 0.25) is 0 Å². The molecule has 0 bridgehead atoms. The summed E-state index contributed by atoms with van der Waals surface area (Å²) in [5, 5.41) is 22.0. The summed E-state index contributed by atoms with van der Waals surface area (Å²) >= 11 is 0. The van der Waals surface area contributed by atoms with Gasteiger partial charge in [-0.25, -0.2) is 0 Å². The molecule has 4 heteroatoms. The van der Waals surface area contributed by atoms with Gasteiger partial charge in [-0.05, 0) is 32.9 Å². The lowest BCUT2D eigenvalue weighted by Gasteiger charge is -2.30. The van der Waals surface area contributed by atoms with E-state index in [0.29, 0.717) is 19.5 Å². The number of aliphatic hydroxyl groups is 1. The smallest absolute Gasteiger partial charge is 0.0869 e. The second-order valence-corrected chi connectivity index (χ2v) is 6.16. The number of nitrogens with zero attached hydrogens (tertiary/aromatic N) is 2. The van der Waals surface area contributed by atoms with Gasteiger partial charge in [-0.3, -0.25) is 0 Å². The van der Waals surface area contributed by atoms with Gasteiger partial charge in [-0.1, -0.05) is 13.8 Å². The molecule has 0 saturated heterocycles. The summed E-state index contributed by atoms with van der Waals surface area (Å²) in [5.41, 5.74) is -0.612. The van der Waals surface area contributed by atoms with Gasteiger partial charge in [-0.15, -0.1) is 0 Å². The Labute approximate surface area is 106 Å². The molecule has 100 valence electrons. The van der Waals surface area contributed by atoms with Crippen LogP contribution >= 0.6 is 0 Å². The monoisotopic (exact) mass is 241 g/mol. The summed E-state index contributed by atoms with van der Waals surface area (Å²) in [6.45, 7) is 8.14. The van der Waals surface area contributed by atoms with E-state index < -0.39 is 5.60 Å². The topological polar surface area (TPSA) is 59.3 Å². The Kier molecular flexibility index (Phi) is 6.69. The van der Waals surface area contributed by atoms with Crippen LogP contribution in [0.2, 0.25) is 0 Å². The lowest BCUT2D eigenvalue weighted by Crippen LogP contribution is -2.47. The number of nitriles is 1. The molecule has 0 aromatic rings. The zero-order chi connectivity index (χ0) is 13.5. The lowest BCUT2D eigenvalue weighted by molar-refractivity contribution is 0.0318. The van der Waals surface area contributed by atoms with Crippen molar-refractivity contribution in [2.24, 2.45) is 5.41 Å². The van der Waals surface area contributed by atoms with Gasteiger partial charge in [0.05, 0.1) is 11.7 Å². The van der Waals surface area contributed by atoms with Crippen LogP contribution in [-0.4, -0.2) is 49.3 Å². The van der Waals surface area contributed by atoms with Gasteiger partial charge in [0, 0.05) is 26.1 Å². The van der Waals surface area contributed by atoms with Crippen LogP contribution in [0.15, 0.2) is 0 Å². The first kappa shape index (κ1) is 16.4. The Balaban J connectivity index is 3.93. The summed E-state index contributed by atoms with van der Waals surface area (Å²) in [6, 6.07) is 2.17. The van der Waals surface area contributed by atoms with Gasteiger partial charge in [0.25, 0.3) is 0 Å². The predicted octanol–water partition coefficient (Wildman–Crippen LogP) is 1.22. The highest BCUT2D eigenvalue weighted by Crippen LogP contribution is 2.20. The van der Waals surface area contributed by atoms with Crippen LogP contribution in [0, 0.1) is 16.7 Å². The fraction of sp³-hybridized carbons (Fsp3) is 0.923. The molecule has 0 aromatic carbocycles. The number of nitrogens with one attached hydrogen (secondary N) is 1. The first-order valence-corrected chi connectivity index (χ1v) is 6.13. The molecule has 0 aliphatic rings. The fourth-order valence-electron chi connectivity index (χ4n) is 1.89. The van der Waals surface area contributed by atoms with Gasteiger partial charge in [0.15, 0.2) is 0 Å². The second-order valence-electron chi connectivity index (χ2n) is 6.16. The third-order valence-electron chi connectivity index (χ3n) is 2.68. The molecule has 0 fully saturated rings. The Morgan fingerprint density at radius 2 is 1.82 bits per heavy atom. The molecule has 0 aromatic heterocycles. The minimum atomic E-state index is -0.713.